The first-order valence-corrected chi connectivity index (χ1v) is 7.33. The molecular formula is C16H11Cl2N3O. The van der Waals surface area contributed by atoms with Crippen LogP contribution < -0.4 is 0 Å². The summed E-state index contributed by atoms with van der Waals surface area (Å²) in [6.07, 6.45) is 1.61. The van der Waals surface area contributed by atoms with Crippen LogP contribution in [0.1, 0.15) is 21.6 Å². The van der Waals surface area contributed by atoms with Gasteiger partial charge in [0.2, 0.25) is 5.78 Å². The van der Waals surface area contributed by atoms with E-state index in [2.05, 4.69) is 10.3 Å². The minimum atomic E-state index is -0.277. The van der Waals surface area contributed by atoms with Crippen molar-refractivity contribution in [3.63, 3.8) is 0 Å². The average molecular weight is 332 g/mol. The molecule has 0 bridgehead atoms. The third-order valence-electron chi connectivity index (χ3n) is 3.13. The van der Waals surface area contributed by atoms with Gasteiger partial charge in [0.1, 0.15) is 0 Å². The first-order valence-electron chi connectivity index (χ1n) is 6.57. The van der Waals surface area contributed by atoms with Crippen molar-refractivity contribution in [3.05, 3.63) is 81.6 Å². The van der Waals surface area contributed by atoms with Crippen molar-refractivity contribution in [3.8, 4) is 0 Å². The van der Waals surface area contributed by atoms with Crippen molar-refractivity contribution in [1.29, 1.82) is 0 Å². The summed E-state index contributed by atoms with van der Waals surface area (Å²) >= 11 is 11.9. The number of ketones is 1. The number of halogens is 2. The monoisotopic (exact) mass is 331 g/mol. The third-order valence-corrected chi connectivity index (χ3v) is 3.68. The van der Waals surface area contributed by atoms with Crippen LogP contribution in [0.4, 0.5) is 0 Å². The van der Waals surface area contributed by atoms with Gasteiger partial charge < -0.3 is 0 Å². The van der Waals surface area contributed by atoms with Gasteiger partial charge in [0.05, 0.1) is 17.8 Å². The zero-order chi connectivity index (χ0) is 15.5. The second kappa shape index (κ2) is 6.30. The van der Waals surface area contributed by atoms with E-state index in [1.165, 1.54) is 6.07 Å². The lowest BCUT2D eigenvalue weighted by Gasteiger charge is -2.01. The summed E-state index contributed by atoms with van der Waals surface area (Å²) in [7, 11) is 0. The molecular weight excluding hydrogens is 321 g/mol. The van der Waals surface area contributed by atoms with Crippen LogP contribution in [0, 0.1) is 0 Å². The van der Waals surface area contributed by atoms with Gasteiger partial charge in [0, 0.05) is 10.6 Å². The maximum atomic E-state index is 12.4. The molecule has 3 aromatic rings. The van der Waals surface area contributed by atoms with E-state index in [9.17, 15) is 4.79 Å². The maximum absolute atomic E-state index is 12.4. The summed E-state index contributed by atoms with van der Waals surface area (Å²) in [5, 5.41) is 8.69. The van der Waals surface area contributed by atoms with E-state index in [4.69, 9.17) is 23.2 Å². The molecule has 1 heterocycles. The molecule has 0 spiro atoms. The molecule has 0 saturated carbocycles. The van der Waals surface area contributed by atoms with Crippen LogP contribution in [0.3, 0.4) is 0 Å². The van der Waals surface area contributed by atoms with E-state index in [-0.39, 0.29) is 11.5 Å². The van der Waals surface area contributed by atoms with Gasteiger partial charge in [-0.1, -0.05) is 58.7 Å². The zero-order valence-electron chi connectivity index (χ0n) is 11.4. The number of nitrogens with zero attached hydrogens (tertiary/aromatic N) is 3. The first kappa shape index (κ1) is 14.8. The largest absolute Gasteiger partial charge is 0.287 e. The fourth-order valence-electron chi connectivity index (χ4n) is 2.06. The van der Waals surface area contributed by atoms with Crippen LogP contribution in [0.5, 0.6) is 0 Å². The summed E-state index contributed by atoms with van der Waals surface area (Å²) in [6, 6.07) is 14.6. The summed E-state index contributed by atoms with van der Waals surface area (Å²) in [4.78, 5) is 12.4. The molecule has 0 N–H and O–H groups in total. The standard InChI is InChI=1S/C16H11Cl2N3O/c17-12-6-7-13(14(18)8-12)16(22)15-10-21(20-19-15)9-11-4-2-1-3-5-11/h1-8,10H,9H2. The van der Waals surface area contributed by atoms with Crippen molar-refractivity contribution >= 4 is 29.0 Å². The normalized spacial score (nSPS) is 10.6. The Bertz CT molecular complexity index is 815. The highest BCUT2D eigenvalue weighted by molar-refractivity contribution is 6.37. The van der Waals surface area contributed by atoms with Gasteiger partial charge in [-0.3, -0.25) is 4.79 Å². The molecule has 110 valence electrons. The van der Waals surface area contributed by atoms with E-state index in [0.29, 0.717) is 22.2 Å². The van der Waals surface area contributed by atoms with Crippen molar-refractivity contribution in [2.24, 2.45) is 0 Å². The van der Waals surface area contributed by atoms with Crippen molar-refractivity contribution in [2.45, 2.75) is 6.54 Å². The molecule has 1 aromatic heterocycles. The molecule has 0 radical (unpaired) electrons. The minimum absolute atomic E-state index is 0.250. The van der Waals surface area contributed by atoms with Gasteiger partial charge in [-0.15, -0.1) is 5.10 Å². The molecule has 0 aliphatic carbocycles. The van der Waals surface area contributed by atoms with Crippen LogP contribution >= 0.6 is 23.2 Å². The maximum Gasteiger partial charge on any atom is 0.216 e. The predicted molar refractivity (Wildman–Crippen MR) is 85.5 cm³/mol. The molecule has 0 aliphatic rings. The van der Waals surface area contributed by atoms with Gasteiger partial charge in [0.15, 0.2) is 5.69 Å². The second-order valence-corrected chi connectivity index (χ2v) is 5.58. The summed E-state index contributed by atoms with van der Waals surface area (Å²) in [5.41, 5.74) is 1.69. The van der Waals surface area contributed by atoms with Gasteiger partial charge in [-0.2, -0.15) is 0 Å². The van der Waals surface area contributed by atoms with Crippen molar-refractivity contribution in [2.75, 3.05) is 0 Å². The van der Waals surface area contributed by atoms with E-state index in [1.807, 2.05) is 30.3 Å². The van der Waals surface area contributed by atoms with Crippen LogP contribution in [-0.2, 0) is 6.54 Å². The Labute approximate surface area is 137 Å². The first-order chi connectivity index (χ1) is 10.6. The number of hydrogen-bond acceptors (Lipinski definition) is 3. The fourth-order valence-corrected chi connectivity index (χ4v) is 2.56. The highest BCUT2D eigenvalue weighted by atomic mass is 35.5. The van der Waals surface area contributed by atoms with Crippen LogP contribution in [0.2, 0.25) is 10.0 Å². The summed E-state index contributed by atoms with van der Waals surface area (Å²) < 4.78 is 1.62. The molecule has 0 saturated heterocycles. The van der Waals surface area contributed by atoms with E-state index < -0.39 is 0 Å². The highest BCUT2D eigenvalue weighted by Gasteiger charge is 2.16. The smallest absolute Gasteiger partial charge is 0.216 e. The van der Waals surface area contributed by atoms with Crippen molar-refractivity contribution < 1.29 is 4.79 Å². The molecule has 4 nitrogen and oxygen atoms in total. The predicted octanol–water partition coefficient (Wildman–Crippen LogP) is 3.86. The molecule has 0 atom stereocenters. The molecule has 22 heavy (non-hydrogen) atoms. The van der Waals surface area contributed by atoms with Gasteiger partial charge in [-0.05, 0) is 23.8 Å². The number of aromatic nitrogens is 3. The molecule has 0 amide bonds. The van der Waals surface area contributed by atoms with E-state index in [0.717, 1.165) is 5.56 Å². The quantitative estimate of drug-likeness (QED) is 0.682. The lowest BCUT2D eigenvalue weighted by atomic mass is 10.1. The number of rotatable bonds is 4. The number of benzene rings is 2. The van der Waals surface area contributed by atoms with Crippen LogP contribution in [0.15, 0.2) is 54.7 Å². The van der Waals surface area contributed by atoms with Gasteiger partial charge in [-0.25, -0.2) is 4.68 Å². The molecule has 3 rings (SSSR count). The Kier molecular flexibility index (Phi) is 4.22. The molecule has 0 aliphatic heterocycles. The number of carbonyl (C=O) groups is 1. The molecule has 6 heteroatoms. The third kappa shape index (κ3) is 3.18. The average Bonchev–Trinajstić information content (AvgIpc) is 2.96. The van der Waals surface area contributed by atoms with Gasteiger partial charge in [0.25, 0.3) is 0 Å². The number of carbonyl (C=O) groups excluding carboxylic acids is 1. The van der Waals surface area contributed by atoms with E-state index in [1.54, 1.807) is 23.0 Å². The lowest BCUT2D eigenvalue weighted by Crippen LogP contribution is -2.03. The summed E-state index contributed by atoms with van der Waals surface area (Å²) in [5.74, 6) is -0.277. The molecule has 0 unspecified atom stereocenters. The molecule has 0 fully saturated rings. The van der Waals surface area contributed by atoms with Gasteiger partial charge >= 0.3 is 0 Å². The Balaban J connectivity index is 1.82. The second-order valence-electron chi connectivity index (χ2n) is 4.74. The Hall–Kier alpha value is -2.17. The van der Waals surface area contributed by atoms with Crippen molar-refractivity contribution in [1.82, 2.24) is 15.0 Å². The fraction of sp³-hybridized carbons (Fsp3) is 0.0625. The topological polar surface area (TPSA) is 47.8 Å². The Morgan fingerprint density at radius 3 is 2.59 bits per heavy atom. The Morgan fingerprint density at radius 1 is 1.09 bits per heavy atom. The SMILES string of the molecule is O=C(c1cn(Cc2ccccc2)nn1)c1ccc(Cl)cc1Cl. The highest BCUT2D eigenvalue weighted by Crippen LogP contribution is 2.22. The molecule has 2 aromatic carbocycles. The van der Waals surface area contributed by atoms with E-state index >= 15 is 0 Å². The minimum Gasteiger partial charge on any atom is -0.287 e. The Morgan fingerprint density at radius 2 is 1.86 bits per heavy atom. The van der Waals surface area contributed by atoms with Crippen LogP contribution in [-0.4, -0.2) is 20.8 Å². The number of hydrogen-bond donors (Lipinski definition) is 0. The summed E-state index contributed by atoms with van der Waals surface area (Å²) in [6.45, 7) is 0.551. The van der Waals surface area contributed by atoms with Crippen LogP contribution in [0.25, 0.3) is 0 Å². The lowest BCUT2D eigenvalue weighted by molar-refractivity contribution is 0.103. The zero-order valence-corrected chi connectivity index (χ0v) is 12.9.